The number of anilines is 1. The van der Waals surface area contributed by atoms with Crippen LogP contribution in [0.2, 0.25) is 0 Å². The van der Waals surface area contributed by atoms with Crippen molar-refractivity contribution in [3.05, 3.63) is 23.8 Å². The van der Waals surface area contributed by atoms with Gasteiger partial charge in [0.05, 0.1) is 18.4 Å². The highest BCUT2D eigenvalue weighted by Crippen LogP contribution is 2.22. The van der Waals surface area contributed by atoms with Gasteiger partial charge in [0.2, 0.25) is 0 Å². The number of nitrogen functional groups attached to an aromatic ring is 1. The van der Waals surface area contributed by atoms with Crippen molar-refractivity contribution >= 4 is 17.6 Å². The highest BCUT2D eigenvalue weighted by atomic mass is 16.5. The zero-order valence-electron chi connectivity index (χ0n) is 12.9. The zero-order valence-corrected chi connectivity index (χ0v) is 12.9. The summed E-state index contributed by atoms with van der Waals surface area (Å²) in [5, 5.41) is 2.78. The Balaban J connectivity index is 2.58. The maximum Gasteiger partial charge on any atom is 0.338 e. The van der Waals surface area contributed by atoms with Gasteiger partial charge in [-0.3, -0.25) is 4.79 Å². The second kappa shape index (κ2) is 6.97. The van der Waals surface area contributed by atoms with E-state index in [0.29, 0.717) is 11.4 Å². The zero-order chi connectivity index (χ0) is 16.0. The van der Waals surface area contributed by atoms with E-state index in [-0.39, 0.29) is 23.6 Å². The molecule has 0 atom stereocenters. The van der Waals surface area contributed by atoms with Gasteiger partial charge in [0.25, 0.3) is 5.91 Å². The lowest BCUT2D eigenvalue weighted by Crippen LogP contribution is -2.44. The van der Waals surface area contributed by atoms with Crippen molar-refractivity contribution in [3.8, 4) is 5.75 Å². The van der Waals surface area contributed by atoms with E-state index in [1.807, 2.05) is 20.8 Å². The number of carbonyl (C=O) groups is 2. The van der Waals surface area contributed by atoms with Gasteiger partial charge in [-0.2, -0.15) is 0 Å². The molecule has 1 aromatic carbocycles. The summed E-state index contributed by atoms with van der Waals surface area (Å²) >= 11 is 0. The van der Waals surface area contributed by atoms with Crippen molar-refractivity contribution < 1.29 is 19.1 Å². The monoisotopic (exact) mass is 294 g/mol. The van der Waals surface area contributed by atoms with Gasteiger partial charge < -0.3 is 20.5 Å². The molecule has 0 radical (unpaired) electrons. The van der Waals surface area contributed by atoms with Crippen LogP contribution in [0.4, 0.5) is 5.69 Å². The molecule has 3 N–H and O–H groups in total. The lowest BCUT2D eigenvalue weighted by Gasteiger charge is -2.24. The normalized spacial score (nSPS) is 10.9. The van der Waals surface area contributed by atoms with Gasteiger partial charge in [0.1, 0.15) is 5.75 Å². The van der Waals surface area contributed by atoms with Crippen molar-refractivity contribution in [1.82, 2.24) is 5.32 Å². The fraction of sp³-hybridized carbons (Fsp3) is 0.467. The summed E-state index contributed by atoms with van der Waals surface area (Å²) in [6.45, 7) is 5.44. The van der Waals surface area contributed by atoms with E-state index in [1.165, 1.54) is 19.2 Å². The van der Waals surface area contributed by atoms with Crippen molar-refractivity contribution in [3.63, 3.8) is 0 Å². The van der Waals surface area contributed by atoms with E-state index in [1.54, 1.807) is 6.07 Å². The average molecular weight is 294 g/mol. The molecule has 0 aromatic heterocycles. The van der Waals surface area contributed by atoms with Crippen LogP contribution in [0.1, 0.15) is 37.6 Å². The van der Waals surface area contributed by atoms with Crippen molar-refractivity contribution in [2.24, 2.45) is 0 Å². The third-order valence-electron chi connectivity index (χ3n) is 3.16. The summed E-state index contributed by atoms with van der Waals surface area (Å²) in [6.07, 6.45) is 0.779. The number of carbonyl (C=O) groups excluding carboxylic acids is 2. The Morgan fingerprint density at radius 3 is 2.52 bits per heavy atom. The van der Waals surface area contributed by atoms with Crippen LogP contribution in [0, 0.1) is 0 Å². The van der Waals surface area contributed by atoms with Crippen molar-refractivity contribution in [1.29, 1.82) is 0 Å². The minimum Gasteiger partial charge on any atom is -0.495 e. The maximum atomic E-state index is 11.8. The van der Waals surface area contributed by atoms with Crippen LogP contribution in [-0.4, -0.2) is 31.1 Å². The summed E-state index contributed by atoms with van der Waals surface area (Å²) < 4.78 is 9.97. The quantitative estimate of drug-likeness (QED) is 0.616. The molecule has 1 amide bonds. The number of hydrogen-bond donors (Lipinski definition) is 2. The maximum absolute atomic E-state index is 11.8. The van der Waals surface area contributed by atoms with Crippen LogP contribution in [0.15, 0.2) is 18.2 Å². The van der Waals surface area contributed by atoms with Gasteiger partial charge in [-0.1, -0.05) is 6.92 Å². The highest BCUT2D eigenvalue weighted by Gasteiger charge is 2.19. The first-order valence-electron chi connectivity index (χ1n) is 6.70. The van der Waals surface area contributed by atoms with E-state index in [0.717, 1.165) is 6.42 Å². The summed E-state index contributed by atoms with van der Waals surface area (Å²) in [5.74, 6) is -0.459. The van der Waals surface area contributed by atoms with Gasteiger partial charge in [0, 0.05) is 5.54 Å². The predicted molar refractivity (Wildman–Crippen MR) is 80.2 cm³/mol. The van der Waals surface area contributed by atoms with Gasteiger partial charge in [0.15, 0.2) is 6.61 Å². The van der Waals surface area contributed by atoms with Gasteiger partial charge in [-0.05, 0) is 38.5 Å². The molecule has 0 saturated heterocycles. The van der Waals surface area contributed by atoms with Gasteiger partial charge in [-0.25, -0.2) is 4.79 Å². The minimum absolute atomic E-state index is 0.274. The topological polar surface area (TPSA) is 90.6 Å². The molecule has 0 aliphatic carbocycles. The number of amides is 1. The summed E-state index contributed by atoms with van der Waals surface area (Å²) in [5.41, 5.74) is 6.00. The number of nitrogens with two attached hydrogens (primary N) is 1. The molecule has 6 heteroatoms. The molecule has 0 bridgehead atoms. The Hall–Kier alpha value is -2.24. The Bertz CT molecular complexity index is 526. The molecule has 21 heavy (non-hydrogen) atoms. The second-order valence-electron chi connectivity index (χ2n) is 5.32. The first kappa shape index (κ1) is 16.8. The van der Waals surface area contributed by atoms with E-state index >= 15 is 0 Å². The lowest BCUT2D eigenvalue weighted by molar-refractivity contribution is -0.125. The largest absolute Gasteiger partial charge is 0.495 e. The molecule has 0 heterocycles. The van der Waals surface area contributed by atoms with Crippen LogP contribution >= 0.6 is 0 Å². The highest BCUT2D eigenvalue weighted by molar-refractivity contribution is 5.92. The second-order valence-corrected chi connectivity index (χ2v) is 5.32. The van der Waals surface area contributed by atoms with E-state index < -0.39 is 5.97 Å². The molecule has 1 rings (SSSR count). The first-order chi connectivity index (χ1) is 9.79. The van der Waals surface area contributed by atoms with E-state index in [2.05, 4.69) is 5.32 Å². The van der Waals surface area contributed by atoms with Crippen LogP contribution in [0.25, 0.3) is 0 Å². The molecule has 6 nitrogen and oxygen atoms in total. The third kappa shape index (κ3) is 4.98. The third-order valence-corrected chi connectivity index (χ3v) is 3.16. The number of ether oxygens (including phenoxy) is 2. The summed E-state index contributed by atoms with van der Waals surface area (Å²) in [7, 11) is 1.49. The molecule has 1 aromatic rings. The molecule has 116 valence electrons. The number of esters is 1. The molecule has 0 spiro atoms. The Morgan fingerprint density at radius 2 is 2.00 bits per heavy atom. The van der Waals surface area contributed by atoms with E-state index in [9.17, 15) is 9.59 Å². The van der Waals surface area contributed by atoms with E-state index in [4.69, 9.17) is 15.2 Å². The molecule has 0 aliphatic heterocycles. The number of methoxy groups -OCH3 is 1. The minimum atomic E-state index is -0.603. The lowest BCUT2D eigenvalue weighted by atomic mass is 10.0. The fourth-order valence-corrected chi connectivity index (χ4v) is 1.58. The number of hydrogen-bond acceptors (Lipinski definition) is 5. The van der Waals surface area contributed by atoms with Gasteiger partial charge >= 0.3 is 5.97 Å². The van der Waals surface area contributed by atoms with Crippen molar-refractivity contribution in [2.75, 3.05) is 19.5 Å². The van der Waals surface area contributed by atoms with Crippen molar-refractivity contribution in [2.45, 2.75) is 32.7 Å². The van der Waals surface area contributed by atoms with Crippen LogP contribution in [0.3, 0.4) is 0 Å². The number of nitrogens with one attached hydrogen (secondary N) is 1. The van der Waals surface area contributed by atoms with Gasteiger partial charge in [-0.15, -0.1) is 0 Å². The van der Waals surface area contributed by atoms with Crippen LogP contribution in [0.5, 0.6) is 5.75 Å². The van der Waals surface area contributed by atoms with Crippen LogP contribution in [-0.2, 0) is 9.53 Å². The standard InChI is InChI=1S/C15H22N2O4/c1-5-15(2,3)17-13(18)9-21-14(19)10-6-7-12(20-4)11(16)8-10/h6-8H,5,9,16H2,1-4H3,(H,17,18). The number of benzene rings is 1. The molecule has 0 fully saturated rings. The molecule has 0 aliphatic rings. The number of rotatable bonds is 6. The SMILES string of the molecule is CCC(C)(C)NC(=O)COC(=O)c1ccc(OC)c(N)c1. The smallest absolute Gasteiger partial charge is 0.338 e. The summed E-state index contributed by atoms with van der Waals surface area (Å²) in [6, 6.07) is 4.56. The Kier molecular flexibility index (Phi) is 5.58. The summed E-state index contributed by atoms with van der Waals surface area (Å²) in [4.78, 5) is 23.5. The molecular weight excluding hydrogens is 272 g/mol. The Morgan fingerprint density at radius 1 is 1.33 bits per heavy atom. The Labute approximate surface area is 124 Å². The average Bonchev–Trinajstić information content (AvgIpc) is 2.44. The first-order valence-corrected chi connectivity index (χ1v) is 6.70. The fourth-order valence-electron chi connectivity index (χ4n) is 1.58. The van der Waals surface area contributed by atoms with Crippen LogP contribution < -0.4 is 15.8 Å². The molecule has 0 unspecified atom stereocenters. The predicted octanol–water partition coefficient (Wildman–Crippen LogP) is 1.74. The molecular formula is C15H22N2O4. The molecule has 0 saturated carbocycles.